The molecular formula is C18H28N2O4. The predicted octanol–water partition coefficient (Wildman–Crippen LogP) is 2.19. The van der Waals surface area contributed by atoms with E-state index in [1.807, 2.05) is 34.6 Å². The van der Waals surface area contributed by atoms with Gasteiger partial charge in [-0.05, 0) is 37.8 Å². The molecule has 0 aliphatic heterocycles. The van der Waals surface area contributed by atoms with Crippen LogP contribution < -0.4 is 10.9 Å². The van der Waals surface area contributed by atoms with Crippen molar-refractivity contribution in [3.63, 3.8) is 0 Å². The van der Waals surface area contributed by atoms with Gasteiger partial charge in [-0.3, -0.25) is 9.59 Å². The van der Waals surface area contributed by atoms with Gasteiger partial charge >= 0.3 is 5.97 Å². The Morgan fingerprint density at radius 2 is 1.92 bits per heavy atom. The number of carbonyl (C=O) groups is 2. The zero-order valence-corrected chi connectivity index (χ0v) is 15.4. The second kappa shape index (κ2) is 8.66. The summed E-state index contributed by atoms with van der Waals surface area (Å²) in [5.41, 5.74) is 1.47. The average molecular weight is 336 g/mol. The van der Waals surface area contributed by atoms with Gasteiger partial charge in [0.1, 0.15) is 11.6 Å². The third kappa shape index (κ3) is 4.46. The number of rotatable bonds is 7. The molecule has 0 aliphatic carbocycles. The van der Waals surface area contributed by atoms with E-state index in [1.165, 1.54) is 7.11 Å². The van der Waals surface area contributed by atoms with Gasteiger partial charge in [0.25, 0.3) is 11.5 Å². The molecule has 1 unspecified atom stereocenters. The summed E-state index contributed by atoms with van der Waals surface area (Å²) < 4.78 is 6.36. The van der Waals surface area contributed by atoms with Crippen molar-refractivity contribution in [1.29, 1.82) is 0 Å². The molecule has 0 radical (unpaired) electrons. The average Bonchev–Trinajstić information content (AvgIpc) is 2.54. The number of carbonyl (C=O) groups excluding carboxylic acids is 2. The van der Waals surface area contributed by atoms with E-state index in [-0.39, 0.29) is 17.0 Å². The zero-order chi connectivity index (χ0) is 18.4. The van der Waals surface area contributed by atoms with Crippen molar-refractivity contribution < 1.29 is 14.3 Å². The summed E-state index contributed by atoms with van der Waals surface area (Å²) in [6.45, 7) is 9.98. The maximum Gasteiger partial charge on any atom is 0.328 e. The molecule has 0 spiro atoms. The number of methoxy groups -OCH3 is 1. The molecule has 1 heterocycles. The second-order valence-electron chi connectivity index (χ2n) is 6.36. The molecule has 6 heteroatoms. The minimum Gasteiger partial charge on any atom is -0.467 e. The van der Waals surface area contributed by atoms with Crippen molar-refractivity contribution in [3.05, 3.63) is 33.2 Å². The summed E-state index contributed by atoms with van der Waals surface area (Å²) in [6.07, 6.45) is 1.82. The van der Waals surface area contributed by atoms with Crippen LogP contribution >= 0.6 is 0 Å². The highest BCUT2D eigenvalue weighted by Gasteiger charge is 2.27. The fraction of sp³-hybridized carbons (Fsp3) is 0.611. The van der Waals surface area contributed by atoms with Crippen LogP contribution in [-0.2, 0) is 16.1 Å². The lowest BCUT2D eigenvalue weighted by Gasteiger charge is -2.20. The van der Waals surface area contributed by atoms with Gasteiger partial charge in [0, 0.05) is 12.2 Å². The number of pyridine rings is 1. The van der Waals surface area contributed by atoms with Crippen LogP contribution in [0.3, 0.4) is 0 Å². The number of ether oxygens (including phenoxy) is 1. The first-order valence-corrected chi connectivity index (χ1v) is 8.34. The highest BCUT2D eigenvalue weighted by atomic mass is 16.5. The first-order valence-electron chi connectivity index (χ1n) is 8.34. The maximum absolute atomic E-state index is 12.7. The number of hydrogen-bond donors (Lipinski definition) is 1. The van der Waals surface area contributed by atoms with E-state index in [9.17, 15) is 14.4 Å². The molecule has 1 atom stereocenters. The topological polar surface area (TPSA) is 77.4 Å². The van der Waals surface area contributed by atoms with Gasteiger partial charge in [-0.25, -0.2) is 4.79 Å². The summed E-state index contributed by atoms with van der Waals surface area (Å²) in [6, 6.07) is 0.803. The SMILES string of the molecule is CCCCn1c(C)c(C)cc(C(=O)NC(C(=O)OC)C(C)C)c1=O. The van der Waals surface area contributed by atoms with Gasteiger partial charge in [-0.15, -0.1) is 0 Å². The first-order chi connectivity index (χ1) is 11.2. The van der Waals surface area contributed by atoms with E-state index in [0.29, 0.717) is 6.54 Å². The number of nitrogens with zero attached hydrogens (tertiary/aromatic N) is 1. The minimum atomic E-state index is -0.785. The highest BCUT2D eigenvalue weighted by Crippen LogP contribution is 2.10. The number of unbranched alkanes of at least 4 members (excludes halogenated alkanes) is 1. The van der Waals surface area contributed by atoms with E-state index < -0.39 is 17.9 Å². The number of aryl methyl sites for hydroxylation is 1. The molecule has 0 aromatic carbocycles. The van der Waals surface area contributed by atoms with Crippen LogP contribution in [0.15, 0.2) is 10.9 Å². The van der Waals surface area contributed by atoms with E-state index in [2.05, 4.69) is 5.32 Å². The van der Waals surface area contributed by atoms with E-state index in [1.54, 1.807) is 10.6 Å². The summed E-state index contributed by atoms with van der Waals surface area (Å²) in [5, 5.41) is 2.63. The van der Waals surface area contributed by atoms with Gasteiger partial charge in [-0.1, -0.05) is 27.2 Å². The predicted molar refractivity (Wildman–Crippen MR) is 93.2 cm³/mol. The molecule has 6 nitrogen and oxygen atoms in total. The second-order valence-corrected chi connectivity index (χ2v) is 6.36. The molecule has 0 fully saturated rings. The van der Waals surface area contributed by atoms with Gasteiger partial charge in [-0.2, -0.15) is 0 Å². The Morgan fingerprint density at radius 3 is 2.42 bits per heavy atom. The smallest absolute Gasteiger partial charge is 0.328 e. The van der Waals surface area contributed by atoms with Gasteiger partial charge < -0.3 is 14.6 Å². The van der Waals surface area contributed by atoms with Crippen molar-refractivity contribution in [2.75, 3.05) is 7.11 Å². The minimum absolute atomic E-state index is 0.0590. The molecule has 0 saturated heterocycles. The van der Waals surface area contributed by atoms with Gasteiger partial charge in [0.15, 0.2) is 0 Å². The number of hydrogen-bond acceptors (Lipinski definition) is 4. The Morgan fingerprint density at radius 1 is 1.29 bits per heavy atom. The molecule has 1 amide bonds. The lowest BCUT2D eigenvalue weighted by atomic mass is 10.0. The number of amides is 1. The third-order valence-corrected chi connectivity index (χ3v) is 4.20. The van der Waals surface area contributed by atoms with E-state index in [0.717, 1.165) is 24.1 Å². The molecule has 134 valence electrons. The Hall–Kier alpha value is -2.11. The summed E-state index contributed by atoms with van der Waals surface area (Å²) >= 11 is 0. The first kappa shape index (κ1) is 19.9. The van der Waals surface area contributed by atoms with Crippen LogP contribution in [0.2, 0.25) is 0 Å². The Labute approximate surface area is 143 Å². The van der Waals surface area contributed by atoms with Crippen LogP contribution in [0.5, 0.6) is 0 Å². The molecule has 1 rings (SSSR count). The molecule has 0 aliphatic rings. The summed E-state index contributed by atoms with van der Waals surface area (Å²) in [5.74, 6) is -1.21. The molecule has 1 N–H and O–H groups in total. The Balaban J connectivity index is 3.21. The monoisotopic (exact) mass is 336 g/mol. The van der Waals surface area contributed by atoms with Crippen molar-refractivity contribution >= 4 is 11.9 Å². The largest absolute Gasteiger partial charge is 0.467 e. The normalized spacial score (nSPS) is 12.1. The van der Waals surface area contributed by atoms with Crippen molar-refractivity contribution in [1.82, 2.24) is 9.88 Å². The Bertz CT molecular complexity index is 662. The summed E-state index contributed by atoms with van der Waals surface area (Å²) in [7, 11) is 1.28. The molecule has 24 heavy (non-hydrogen) atoms. The fourth-order valence-electron chi connectivity index (χ4n) is 2.49. The Kier molecular flexibility index (Phi) is 7.19. The van der Waals surface area contributed by atoms with Crippen LogP contribution in [-0.4, -0.2) is 29.6 Å². The van der Waals surface area contributed by atoms with Crippen LogP contribution in [0.1, 0.15) is 55.2 Å². The van der Waals surface area contributed by atoms with Crippen molar-refractivity contribution in [2.24, 2.45) is 5.92 Å². The lowest BCUT2D eigenvalue weighted by molar-refractivity contribution is -0.144. The van der Waals surface area contributed by atoms with Crippen LogP contribution in [0.4, 0.5) is 0 Å². The molecule has 1 aromatic heterocycles. The standard InChI is InChI=1S/C18H28N2O4/c1-7-8-9-20-13(5)12(4)10-14(17(20)22)16(21)19-15(11(2)3)18(23)24-6/h10-11,15H,7-9H2,1-6H3,(H,19,21). The molecule has 0 bridgehead atoms. The molecule has 1 aromatic rings. The van der Waals surface area contributed by atoms with E-state index >= 15 is 0 Å². The highest BCUT2D eigenvalue weighted by molar-refractivity contribution is 5.96. The zero-order valence-electron chi connectivity index (χ0n) is 15.4. The van der Waals surface area contributed by atoms with Gasteiger partial charge in [0.05, 0.1) is 7.11 Å². The van der Waals surface area contributed by atoms with Crippen LogP contribution in [0.25, 0.3) is 0 Å². The number of nitrogens with one attached hydrogen (secondary N) is 1. The molecule has 0 saturated carbocycles. The number of esters is 1. The van der Waals surface area contributed by atoms with Crippen molar-refractivity contribution in [2.45, 2.75) is 60.0 Å². The number of aromatic nitrogens is 1. The van der Waals surface area contributed by atoms with Crippen LogP contribution in [0, 0.1) is 19.8 Å². The lowest BCUT2D eigenvalue weighted by Crippen LogP contribution is -2.46. The van der Waals surface area contributed by atoms with Gasteiger partial charge in [0.2, 0.25) is 0 Å². The third-order valence-electron chi connectivity index (χ3n) is 4.20. The molecular weight excluding hydrogens is 308 g/mol. The maximum atomic E-state index is 12.7. The summed E-state index contributed by atoms with van der Waals surface area (Å²) in [4.78, 5) is 37.0. The van der Waals surface area contributed by atoms with E-state index in [4.69, 9.17) is 4.74 Å². The fourth-order valence-corrected chi connectivity index (χ4v) is 2.49. The quantitative estimate of drug-likeness (QED) is 0.774. The van der Waals surface area contributed by atoms with Crippen molar-refractivity contribution in [3.8, 4) is 0 Å².